The maximum absolute atomic E-state index is 12.5. The summed E-state index contributed by atoms with van der Waals surface area (Å²) in [7, 11) is 0. The van der Waals surface area contributed by atoms with E-state index in [0.717, 1.165) is 36.5 Å². The summed E-state index contributed by atoms with van der Waals surface area (Å²) in [4.78, 5) is 14.3. The molecule has 0 atom stereocenters. The molecule has 0 saturated heterocycles. The normalized spacial score (nSPS) is 11.2. The van der Waals surface area contributed by atoms with Crippen LogP contribution in [0.5, 0.6) is 0 Å². The minimum absolute atomic E-state index is 0.0391. The topological polar surface area (TPSA) is 44.4 Å². The van der Waals surface area contributed by atoms with Crippen LogP contribution in [0.25, 0.3) is 0 Å². The number of hydrogen-bond donors (Lipinski definition) is 2. The summed E-state index contributed by atoms with van der Waals surface area (Å²) in [5, 5.41) is 5.64. The molecule has 0 aromatic heterocycles. The second-order valence-electron chi connectivity index (χ2n) is 6.15. The van der Waals surface area contributed by atoms with Gasteiger partial charge in [0, 0.05) is 30.2 Å². The minimum atomic E-state index is -4.37. The molecule has 0 radical (unpaired) electrons. The zero-order chi connectivity index (χ0) is 20.0. The van der Waals surface area contributed by atoms with Crippen LogP contribution < -0.4 is 15.5 Å². The molecule has 2 aromatic carbocycles. The first kappa shape index (κ1) is 20.6. The van der Waals surface area contributed by atoms with Crippen LogP contribution in [0.1, 0.15) is 25.0 Å². The van der Waals surface area contributed by atoms with Crippen LogP contribution in [-0.4, -0.2) is 25.5 Å². The van der Waals surface area contributed by atoms with Crippen LogP contribution in [0, 0.1) is 6.92 Å². The Bertz CT molecular complexity index is 769. The van der Waals surface area contributed by atoms with Gasteiger partial charge in [0.2, 0.25) is 5.91 Å². The number of nitrogens with zero attached hydrogens (tertiary/aromatic N) is 1. The molecule has 0 bridgehead atoms. The lowest BCUT2D eigenvalue weighted by molar-refractivity contribution is -0.137. The molecule has 0 unspecified atom stereocenters. The van der Waals surface area contributed by atoms with Gasteiger partial charge in [0.15, 0.2) is 0 Å². The molecule has 0 fully saturated rings. The van der Waals surface area contributed by atoms with Crippen LogP contribution in [-0.2, 0) is 11.0 Å². The number of rotatable bonds is 7. The molecule has 146 valence electrons. The van der Waals surface area contributed by atoms with Gasteiger partial charge in [0.05, 0.1) is 12.1 Å². The van der Waals surface area contributed by atoms with E-state index in [1.807, 2.05) is 25.1 Å². The largest absolute Gasteiger partial charge is 0.416 e. The van der Waals surface area contributed by atoms with Gasteiger partial charge in [-0.05, 0) is 68.8 Å². The van der Waals surface area contributed by atoms with E-state index in [9.17, 15) is 18.0 Å². The molecule has 0 aliphatic carbocycles. The van der Waals surface area contributed by atoms with Gasteiger partial charge in [0.25, 0.3) is 0 Å². The second kappa shape index (κ2) is 8.79. The number of carbonyl (C=O) groups is 1. The van der Waals surface area contributed by atoms with E-state index in [4.69, 9.17) is 0 Å². The highest BCUT2D eigenvalue weighted by molar-refractivity contribution is 5.94. The fourth-order valence-corrected chi connectivity index (χ4v) is 2.73. The highest BCUT2D eigenvalue weighted by Gasteiger charge is 2.29. The van der Waals surface area contributed by atoms with Gasteiger partial charge in [-0.1, -0.05) is 0 Å². The van der Waals surface area contributed by atoms with Gasteiger partial charge < -0.3 is 15.5 Å². The smallest absolute Gasteiger partial charge is 0.376 e. The van der Waals surface area contributed by atoms with Crippen molar-refractivity contribution in [1.29, 1.82) is 0 Å². The molecule has 0 aliphatic rings. The Balaban J connectivity index is 1.94. The van der Waals surface area contributed by atoms with Crippen molar-refractivity contribution in [3.8, 4) is 0 Å². The van der Waals surface area contributed by atoms with Crippen molar-refractivity contribution < 1.29 is 18.0 Å². The summed E-state index contributed by atoms with van der Waals surface area (Å²) in [6, 6.07) is 10.4. The summed E-state index contributed by atoms with van der Waals surface area (Å²) in [5.74, 6) is -0.270. The predicted molar refractivity (Wildman–Crippen MR) is 103 cm³/mol. The van der Waals surface area contributed by atoms with Gasteiger partial charge in [-0.2, -0.15) is 13.2 Å². The number of amides is 1. The number of aryl methyl sites for hydroxylation is 1. The van der Waals surface area contributed by atoms with Crippen molar-refractivity contribution in [1.82, 2.24) is 0 Å². The van der Waals surface area contributed by atoms with Gasteiger partial charge in [-0.3, -0.25) is 4.79 Å². The van der Waals surface area contributed by atoms with E-state index in [2.05, 4.69) is 29.4 Å². The Morgan fingerprint density at radius 2 is 1.67 bits per heavy atom. The third kappa shape index (κ3) is 5.64. The van der Waals surface area contributed by atoms with E-state index in [0.29, 0.717) is 11.4 Å². The molecule has 2 aromatic rings. The minimum Gasteiger partial charge on any atom is -0.376 e. The lowest BCUT2D eigenvalue weighted by Crippen LogP contribution is -2.23. The number of halogens is 3. The molecule has 7 heteroatoms. The van der Waals surface area contributed by atoms with Crippen LogP contribution in [0.3, 0.4) is 0 Å². The standard InChI is InChI=1S/C20H24F3N3O/c1-4-26(5-2)17-10-11-18(14(3)12-17)25-19(27)13-24-16-8-6-15(7-9-16)20(21,22)23/h6-12,24H,4-5,13H2,1-3H3,(H,25,27). The molecule has 2 rings (SSSR count). The van der Waals surface area contributed by atoms with Crippen molar-refractivity contribution in [2.75, 3.05) is 35.2 Å². The third-order valence-electron chi connectivity index (χ3n) is 4.28. The van der Waals surface area contributed by atoms with Crippen LogP contribution >= 0.6 is 0 Å². The number of benzene rings is 2. The van der Waals surface area contributed by atoms with Crippen molar-refractivity contribution in [3.63, 3.8) is 0 Å². The molecule has 0 heterocycles. The van der Waals surface area contributed by atoms with Crippen molar-refractivity contribution >= 4 is 23.0 Å². The van der Waals surface area contributed by atoms with Crippen molar-refractivity contribution in [2.45, 2.75) is 26.9 Å². The van der Waals surface area contributed by atoms with Crippen molar-refractivity contribution in [2.24, 2.45) is 0 Å². The summed E-state index contributed by atoms with van der Waals surface area (Å²) >= 11 is 0. The number of anilines is 3. The van der Waals surface area contributed by atoms with E-state index in [1.54, 1.807) is 0 Å². The lowest BCUT2D eigenvalue weighted by Gasteiger charge is -2.22. The summed E-state index contributed by atoms with van der Waals surface area (Å²) in [6.07, 6.45) is -4.37. The van der Waals surface area contributed by atoms with Gasteiger partial charge in [0.1, 0.15) is 0 Å². The Hall–Kier alpha value is -2.70. The van der Waals surface area contributed by atoms with Crippen LogP contribution in [0.4, 0.5) is 30.2 Å². The average Bonchev–Trinajstić information content (AvgIpc) is 2.63. The molecule has 27 heavy (non-hydrogen) atoms. The Kier molecular flexibility index (Phi) is 6.71. The molecule has 0 aliphatic heterocycles. The quantitative estimate of drug-likeness (QED) is 0.718. The molecule has 0 saturated carbocycles. The monoisotopic (exact) mass is 379 g/mol. The number of carbonyl (C=O) groups excluding carboxylic acids is 1. The molecule has 4 nitrogen and oxygen atoms in total. The number of alkyl halides is 3. The van der Waals surface area contributed by atoms with E-state index in [1.165, 1.54) is 12.1 Å². The first-order chi connectivity index (χ1) is 12.7. The summed E-state index contributed by atoms with van der Waals surface area (Å²) < 4.78 is 37.6. The number of hydrogen-bond acceptors (Lipinski definition) is 3. The lowest BCUT2D eigenvalue weighted by atomic mass is 10.1. The maximum Gasteiger partial charge on any atom is 0.416 e. The molecular formula is C20H24F3N3O. The SMILES string of the molecule is CCN(CC)c1ccc(NC(=O)CNc2ccc(C(F)(F)F)cc2)c(C)c1. The fourth-order valence-electron chi connectivity index (χ4n) is 2.73. The van der Waals surface area contributed by atoms with E-state index < -0.39 is 11.7 Å². The molecule has 0 spiro atoms. The van der Waals surface area contributed by atoms with E-state index >= 15 is 0 Å². The predicted octanol–water partition coefficient (Wildman–Crippen LogP) is 4.91. The zero-order valence-electron chi connectivity index (χ0n) is 15.7. The van der Waals surface area contributed by atoms with Crippen LogP contribution in [0.2, 0.25) is 0 Å². The Labute approximate surface area is 157 Å². The van der Waals surface area contributed by atoms with Gasteiger partial charge >= 0.3 is 6.18 Å². The Morgan fingerprint density at radius 3 is 2.19 bits per heavy atom. The zero-order valence-corrected chi connectivity index (χ0v) is 15.7. The first-order valence-corrected chi connectivity index (χ1v) is 8.81. The van der Waals surface area contributed by atoms with Gasteiger partial charge in [-0.25, -0.2) is 0 Å². The second-order valence-corrected chi connectivity index (χ2v) is 6.15. The molecule has 2 N–H and O–H groups in total. The highest BCUT2D eigenvalue weighted by Crippen LogP contribution is 2.29. The average molecular weight is 379 g/mol. The maximum atomic E-state index is 12.5. The summed E-state index contributed by atoms with van der Waals surface area (Å²) in [5.41, 5.74) is 2.49. The highest BCUT2D eigenvalue weighted by atomic mass is 19.4. The number of nitrogens with one attached hydrogen (secondary N) is 2. The Morgan fingerprint density at radius 1 is 1.04 bits per heavy atom. The molecular weight excluding hydrogens is 355 g/mol. The fraction of sp³-hybridized carbons (Fsp3) is 0.350. The van der Waals surface area contributed by atoms with Crippen LogP contribution in [0.15, 0.2) is 42.5 Å². The van der Waals surface area contributed by atoms with Crippen molar-refractivity contribution in [3.05, 3.63) is 53.6 Å². The first-order valence-electron chi connectivity index (χ1n) is 8.81. The van der Waals surface area contributed by atoms with E-state index in [-0.39, 0.29) is 12.5 Å². The third-order valence-corrected chi connectivity index (χ3v) is 4.28. The summed E-state index contributed by atoms with van der Waals surface area (Å²) in [6.45, 7) is 7.86. The van der Waals surface area contributed by atoms with Gasteiger partial charge in [-0.15, -0.1) is 0 Å². The molecule has 1 amide bonds.